The Morgan fingerprint density at radius 3 is 2.56 bits per heavy atom. The van der Waals surface area contributed by atoms with Crippen LogP contribution in [0.5, 0.6) is 0 Å². The zero-order valence-corrected chi connectivity index (χ0v) is 11.4. The van der Waals surface area contributed by atoms with Crippen molar-refractivity contribution in [3.05, 3.63) is 46.3 Å². The van der Waals surface area contributed by atoms with Gasteiger partial charge in [0.2, 0.25) is 0 Å². The van der Waals surface area contributed by atoms with Gasteiger partial charge in [0.1, 0.15) is 11.6 Å². The highest BCUT2D eigenvalue weighted by Crippen LogP contribution is 2.35. The van der Waals surface area contributed by atoms with Crippen LogP contribution in [0.3, 0.4) is 0 Å². The van der Waals surface area contributed by atoms with Crippen molar-refractivity contribution in [2.75, 3.05) is 7.05 Å². The molecule has 4 heteroatoms. The van der Waals surface area contributed by atoms with Crippen molar-refractivity contribution in [3.8, 4) is 10.4 Å². The fourth-order valence-electron chi connectivity index (χ4n) is 1.74. The summed E-state index contributed by atoms with van der Waals surface area (Å²) in [6, 6.07) is 6.63. The third-order valence-corrected chi connectivity index (χ3v) is 4.30. The van der Waals surface area contributed by atoms with Gasteiger partial charge < -0.3 is 5.32 Å². The van der Waals surface area contributed by atoms with Gasteiger partial charge in [0, 0.05) is 15.8 Å². The van der Waals surface area contributed by atoms with Crippen molar-refractivity contribution < 1.29 is 8.78 Å². The fraction of sp³-hybridized carbons (Fsp3) is 0.286. The summed E-state index contributed by atoms with van der Waals surface area (Å²) in [6.45, 7) is 3.65. The van der Waals surface area contributed by atoms with Crippen LogP contribution in [-0.2, 0) is 0 Å². The summed E-state index contributed by atoms with van der Waals surface area (Å²) in [5, 5.41) is 3.11. The van der Waals surface area contributed by atoms with E-state index >= 15 is 0 Å². The van der Waals surface area contributed by atoms with Gasteiger partial charge in [0.15, 0.2) is 0 Å². The van der Waals surface area contributed by atoms with Gasteiger partial charge >= 0.3 is 0 Å². The lowest BCUT2D eigenvalue weighted by Crippen LogP contribution is -2.10. The normalized spacial score (nSPS) is 12.7. The Kier molecular flexibility index (Phi) is 3.78. The molecule has 0 fully saturated rings. The number of thiophene rings is 1. The van der Waals surface area contributed by atoms with Gasteiger partial charge in [-0.1, -0.05) is 6.07 Å². The van der Waals surface area contributed by atoms with Gasteiger partial charge in [-0.05, 0) is 44.7 Å². The van der Waals surface area contributed by atoms with Crippen molar-refractivity contribution in [1.29, 1.82) is 0 Å². The molecule has 1 aromatic carbocycles. The lowest BCUT2D eigenvalue weighted by atomic mass is 10.1. The monoisotopic (exact) mass is 267 g/mol. The van der Waals surface area contributed by atoms with Gasteiger partial charge in [-0.25, -0.2) is 8.78 Å². The molecule has 1 nitrogen and oxygen atoms in total. The first kappa shape index (κ1) is 13.2. The van der Waals surface area contributed by atoms with Crippen LogP contribution in [0, 0.1) is 18.6 Å². The Hall–Kier alpha value is -1.26. The fourth-order valence-corrected chi connectivity index (χ4v) is 2.85. The summed E-state index contributed by atoms with van der Waals surface area (Å²) in [5.41, 5.74) is 0.539. The predicted octanol–water partition coefficient (Wildman–Crippen LogP) is 4.28. The minimum atomic E-state index is -0.511. The first-order chi connectivity index (χ1) is 8.54. The molecule has 0 saturated carbocycles. The molecule has 0 bridgehead atoms. The standard InChI is InChI=1S/C14H15F2NS/c1-8-4-5-10(15)13(14(8)16)12-7-6-11(18-12)9(2)17-3/h4-7,9,17H,1-3H3. The molecule has 2 aromatic rings. The third-order valence-electron chi connectivity index (χ3n) is 3.02. The Labute approximate surface area is 109 Å². The van der Waals surface area contributed by atoms with Crippen molar-refractivity contribution in [3.63, 3.8) is 0 Å². The Morgan fingerprint density at radius 1 is 1.17 bits per heavy atom. The summed E-state index contributed by atoms with van der Waals surface area (Å²) in [4.78, 5) is 1.69. The van der Waals surface area contributed by atoms with Crippen molar-refractivity contribution in [1.82, 2.24) is 5.32 Å². The van der Waals surface area contributed by atoms with E-state index in [0.717, 1.165) is 4.88 Å². The summed E-state index contributed by atoms with van der Waals surface area (Å²) in [7, 11) is 1.86. The average molecular weight is 267 g/mol. The number of aryl methyl sites for hydroxylation is 1. The maximum Gasteiger partial charge on any atom is 0.137 e. The zero-order valence-electron chi connectivity index (χ0n) is 10.6. The van der Waals surface area contributed by atoms with E-state index in [0.29, 0.717) is 10.4 Å². The van der Waals surface area contributed by atoms with Gasteiger partial charge in [-0.2, -0.15) is 0 Å². The van der Waals surface area contributed by atoms with Crippen LogP contribution in [0.1, 0.15) is 23.4 Å². The van der Waals surface area contributed by atoms with Crippen molar-refractivity contribution in [2.24, 2.45) is 0 Å². The molecule has 0 saturated heterocycles. The second kappa shape index (κ2) is 5.16. The van der Waals surface area contributed by atoms with Crippen LogP contribution in [-0.4, -0.2) is 7.05 Å². The molecule has 1 unspecified atom stereocenters. The van der Waals surface area contributed by atoms with Crippen LogP contribution in [0.15, 0.2) is 24.3 Å². The highest BCUT2D eigenvalue weighted by molar-refractivity contribution is 7.15. The molecule has 0 spiro atoms. The van der Waals surface area contributed by atoms with E-state index in [1.807, 2.05) is 20.0 Å². The largest absolute Gasteiger partial charge is 0.313 e. The van der Waals surface area contributed by atoms with E-state index in [4.69, 9.17) is 0 Å². The highest BCUT2D eigenvalue weighted by Gasteiger charge is 2.16. The molecule has 18 heavy (non-hydrogen) atoms. The molecule has 1 heterocycles. The zero-order chi connectivity index (χ0) is 13.3. The summed E-state index contributed by atoms with van der Waals surface area (Å²) < 4.78 is 27.8. The molecule has 96 valence electrons. The second-order valence-electron chi connectivity index (χ2n) is 4.27. The van der Waals surface area contributed by atoms with E-state index in [9.17, 15) is 8.78 Å². The number of nitrogens with one attached hydrogen (secondary N) is 1. The lowest BCUT2D eigenvalue weighted by molar-refractivity contribution is 0.584. The summed E-state index contributed by atoms with van der Waals surface area (Å²) in [6.07, 6.45) is 0. The van der Waals surface area contributed by atoms with Crippen LogP contribution in [0.25, 0.3) is 10.4 Å². The number of benzene rings is 1. The first-order valence-electron chi connectivity index (χ1n) is 5.76. The molecule has 1 aromatic heterocycles. The minimum Gasteiger partial charge on any atom is -0.313 e. The minimum absolute atomic E-state index is 0.0783. The second-order valence-corrected chi connectivity index (χ2v) is 5.38. The lowest BCUT2D eigenvalue weighted by Gasteiger charge is -2.07. The van der Waals surface area contributed by atoms with E-state index in [1.165, 1.54) is 23.5 Å². The number of halogens is 2. The van der Waals surface area contributed by atoms with E-state index in [-0.39, 0.29) is 11.6 Å². The molecule has 0 aliphatic carbocycles. The maximum absolute atomic E-state index is 14.0. The molecular formula is C14H15F2NS. The van der Waals surface area contributed by atoms with Crippen LogP contribution in [0.2, 0.25) is 0 Å². The van der Waals surface area contributed by atoms with Crippen molar-refractivity contribution in [2.45, 2.75) is 19.9 Å². The number of hydrogen-bond acceptors (Lipinski definition) is 2. The third kappa shape index (κ3) is 2.31. The molecule has 1 N–H and O–H groups in total. The highest BCUT2D eigenvalue weighted by atomic mass is 32.1. The molecule has 1 atom stereocenters. The Balaban J connectivity index is 2.49. The van der Waals surface area contributed by atoms with Gasteiger partial charge in [-0.15, -0.1) is 11.3 Å². The molecule has 0 amide bonds. The smallest absolute Gasteiger partial charge is 0.137 e. The Morgan fingerprint density at radius 2 is 1.89 bits per heavy atom. The quantitative estimate of drug-likeness (QED) is 0.875. The number of hydrogen-bond donors (Lipinski definition) is 1. The van der Waals surface area contributed by atoms with Crippen LogP contribution >= 0.6 is 11.3 Å². The predicted molar refractivity (Wildman–Crippen MR) is 71.9 cm³/mol. The average Bonchev–Trinajstić information content (AvgIpc) is 2.83. The number of rotatable bonds is 3. The van der Waals surface area contributed by atoms with Crippen LogP contribution in [0.4, 0.5) is 8.78 Å². The molecule has 2 rings (SSSR count). The van der Waals surface area contributed by atoms with E-state index in [1.54, 1.807) is 13.0 Å². The van der Waals surface area contributed by atoms with Crippen molar-refractivity contribution >= 4 is 11.3 Å². The van der Waals surface area contributed by atoms with E-state index in [2.05, 4.69) is 5.32 Å². The SMILES string of the molecule is CNC(C)c1ccc(-c2c(F)ccc(C)c2F)s1. The first-order valence-corrected chi connectivity index (χ1v) is 6.58. The van der Waals surface area contributed by atoms with Gasteiger partial charge in [0.05, 0.1) is 5.56 Å². The maximum atomic E-state index is 14.0. The molecular weight excluding hydrogens is 252 g/mol. The molecule has 0 aliphatic heterocycles. The van der Waals surface area contributed by atoms with Crippen LogP contribution < -0.4 is 5.32 Å². The molecule has 0 radical (unpaired) electrons. The topological polar surface area (TPSA) is 12.0 Å². The van der Waals surface area contributed by atoms with Gasteiger partial charge in [0.25, 0.3) is 0 Å². The van der Waals surface area contributed by atoms with Gasteiger partial charge in [-0.3, -0.25) is 0 Å². The summed E-state index contributed by atoms with van der Waals surface area (Å²) >= 11 is 1.41. The molecule has 0 aliphatic rings. The van der Waals surface area contributed by atoms with E-state index < -0.39 is 11.6 Å². The summed E-state index contributed by atoms with van der Waals surface area (Å²) in [5.74, 6) is -0.982. The Bertz CT molecular complexity index is 563.